The van der Waals surface area contributed by atoms with Crippen molar-refractivity contribution in [2.75, 3.05) is 30.6 Å². The van der Waals surface area contributed by atoms with Gasteiger partial charge in [-0.2, -0.15) is 13.2 Å². The molecule has 0 radical (unpaired) electrons. The number of benzene rings is 3. The summed E-state index contributed by atoms with van der Waals surface area (Å²) in [4.78, 5) is 13.0. The number of amides is 1. The van der Waals surface area contributed by atoms with Crippen LogP contribution in [0, 0.1) is 0 Å². The second-order valence-corrected chi connectivity index (χ2v) is 11.3. The lowest BCUT2D eigenvalue weighted by Crippen LogP contribution is -2.48. The third-order valence-electron chi connectivity index (χ3n) is 6.62. The number of hydrogen-bond donors (Lipinski definition) is 1. The zero-order valence-electron chi connectivity index (χ0n) is 20.2. The number of nitrogens with zero attached hydrogens (tertiary/aromatic N) is 1. The topological polar surface area (TPSA) is 75.7 Å². The van der Waals surface area contributed by atoms with Crippen LogP contribution in [0.15, 0.2) is 83.8 Å². The van der Waals surface area contributed by atoms with Gasteiger partial charge in [0.2, 0.25) is 5.91 Å². The molecule has 1 heterocycles. The lowest BCUT2D eigenvalue weighted by molar-refractivity contribution is -0.137. The van der Waals surface area contributed by atoms with Gasteiger partial charge in [-0.15, -0.1) is 0 Å². The molecule has 0 spiro atoms. The molecule has 4 rings (SSSR count). The van der Waals surface area contributed by atoms with Crippen LogP contribution < -0.4 is 9.62 Å². The molecule has 38 heavy (non-hydrogen) atoms. The Morgan fingerprint density at radius 2 is 1.58 bits per heavy atom. The van der Waals surface area contributed by atoms with E-state index in [2.05, 4.69) is 5.32 Å². The molecule has 11 heteroatoms. The molecule has 0 unspecified atom stereocenters. The minimum atomic E-state index is -4.82. The molecule has 1 fully saturated rings. The van der Waals surface area contributed by atoms with Crippen LogP contribution in [0.1, 0.15) is 24.0 Å². The van der Waals surface area contributed by atoms with Gasteiger partial charge in [0, 0.05) is 25.2 Å². The molecule has 1 aliphatic heterocycles. The number of carbonyl (C=O) groups excluding carboxylic acids is 1. The second kappa shape index (κ2) is 11.3. The van der Waals surface area contributed by atoms with Crippen molar-refractivity contribution in [3.8, 4) is 0 Å². The van der Waals surface area contributed by atoms with E-state index in [-0.39, 0.29) is 17.1 Å². The van der Waals surface area contributed by atoms with Crippen LogP contribution in [0.4, 0.5) is 18.9 Å². The Balaban J connectivity index is 1.64. The number of anilines is 1. The molecule has 1 saturated heterocycles. The molecule has 1 aliphatic rings. The molecule has 1 amide bonds. The highest BCUT2D eigenvalue weighted by molar-refractivity contribution is 7.92. The van der Waals surface area contributed by atoms with Gasteiger partial charge in [-0.1, -0.05) is 60.1 Å². The highest BCUT2D eigenvalue weighted by atomic mass is 35.5. The normalized spacial score (nSPS) is 15.6. The second-order valence-electron chi connectivity index (χ2n) is 9.02. The first kappa shape index (κ1) is 27.9. The average Bonchev–Trinajstić information content (AvgIpc) is 2.92. The van der Waals surface area contributed by atoms with Crippen molar-refractivity contribution >= 4 is 33.2 Å². The molecule has 3 aromatic carbocycles. The van der Waals surface area contributed by atoms with Gasteiger partial charge >= 0.3 is 6.18 Å². The zero-order valence-corrected chi connectivity index (χ0v) is 21.8. The highest BCUT2D eigenvalue weighted by Gasteiger charge is 2.37. The fourth-order valence-electron chi connectivity index (χ4n) is 4.50. The summed E-state index contributed by atoms with van der Waals surface area (Å²) in [6, 6.07) is 19.6. The number of halogens is 4. The number of carbonyl (C=O) groups is 1. The predicted octanol–water partition coefficient (Wildman–Crippen LogP) is 5.42. The van der Waals surface area contributed by atoms with E-state index < -0.39 is 44.7 Å². The van der Waals surface area contributed by atoms with Gasteiger partial charge in [-0.05, 0) is 48.7 Å². The molecule has 1 N–H and O–H groups in total. The van der Waals surface area contributed by atoms with Crippen molar-refractivity contribution in [3.05, 3.63) is 95.0 Å². The molecule has 3 aromatic rings. The minimum absolute atomic E-state index is 0.165. The summed E-state index contributed by atoms with van der Waals surface area (Å²) in [6.45, 7) is 0.499. The first-order valence-corrected chi connectivity index (χ1v) is 13.7. The number of alkyl halides is 3. The summed E-state index contributed by atoms with van der Waals surface area (Å²) in [5.41, 5.74) is -0.924. The van der Waals surface area contributed by atoms with Gasteiger partial charge in [0.05, 0.1) is 21.2 Å². The van der Waals surface area contributed by atoms with Crippen molar-refractivity contribution in [1.82, 2.24) is 5.32 Å². The Bertz CT molecular complexity index is 1360. The van der Waals surface area contributed by atoms with Crippen LogP contribution in [0.2, 0.25) is 5.02 Å². The summed E-state index contributed by atoms with van der Waals surface area (Å²) < 4.78 is 73.9. The van der Waals surface area contributed by atoms with Crippen LogP contribution in [-0.2, 0) is 31.1 Å². The lowest BCUT2D eigenvalue weighted by atomic mass is 9.74. The van der Waals surface area contributed by atoms with E-state index in [0.29, 0.717) is 36.4 Å². The van der Waals surface area contributed by atoms with E-state index in [1.807, 2.05) is 30.3 Å². The Kier molecular flexibility index (Phi) is 8.34. The summed E-state index contributed by atoms with van der Waals surface area (Å²) in [6.07, 6.45) is -3.52. The Morgan fingerprint density at radius 3 is 2.18 bits per heavy atom. The van der Waals surface area contributed by atoms with E-state index in [1.165, 1.54) is 24.3 Å². The van der Waals surface area contributed by atoms with E-state index >= 15 is 0 Å². The van der Waals surface area contributed by atoms with Crippen molar-refractivity contribution in [2.45, 2.75) is 29.3 Å². The summed E-state index contributed by atoms with van der Waals surface area (Å²) in [7, 11) is -4.39. The van der Waals surface area contributed by atoms with Crippen LogP contribution in [-0.4, -0.2) is 40.6 Å². The van der Waals surface area contributed by atoms with Crippen LogP contribution >= 0.6 is 11.6 Å². The van der Waals surface area contributed by atoms with Crippen molar-refractivity contribution < 1.29 is 31.1 Å². The van der Waals surface area contributed by atoms with Crippen LogP contribution in [0.3, 0.4) is 0 Å². The fourth-order valence-corrected chi connectivity index (χ4v) is 6.15. The number of nitrogens with one attached hydrogen (secondary N) is 1. The first-order chi connectivity index (χ1) is 18.0. The number of rotatable bonds is 8. The molecule has 202 valence electrons. The smallest absolute Gasteiger partial charge is 0.381 e. The summed E-state index contributed by atoms with van der Waals surface area (Å²) >= 11 is 5.75. The molecule has 0 aliphatic carbocycles. The standard InChI is InChI=1S/C27H26ClF3N2O4S/c28-24-12-11-21(17-23(24)27(29,30)31)33(38(35,36)22-9-5-2-6-10-22)18-25(34)32-19-26(13-15-37-16-14-26)20-7-3-1-4-8-20/h1-12,17H,13-16,18-19H2,(H,32,34). The van der Waals surface area contributed by atoms with Gasteiger partial charge < -0.3 is 10.1 Å². The predicted molar refractivity (Wildman–Crippen MR) is 139 cm³/mol. The zero-order chi connectivity index (χ0) is 27.4. The maximum atomic E-state index is 13.6. The Hall–Kier alpha value is -3.08. The molecule has 0 bridgehead atoms. The maximum absolute atomic E-state index is 13.6. The first-order valence-electron chi connectivity index (χ1n) is 11.9. The Morgan fingerprint density at radius 1 is 0.974 bits per heavy atom. The minimum Gasteiger partial charge on any atom is -0.381 e. The fraction of sp³-hybridized carbons (Fsp3) is 0.296. The quantitative estimate of drug-likeness (QED) is 0.395. The molecule has 6 nitrogen and oxygen atoms in total. The average molecular weight is 567 g/mol. The van der Waals surface area contributed by atoms with E-state index in [4.69, 9.17) is 16.3 Å². The van der Waals surface area contributed by atoms with Gasteiger partial charge in [0.25, 0.3) is 10.0 Å². The number of hydrogen-bond acceptors (Lipinski definition) is 4. The lowest BCUT2D eigenvalue weighted by Gasteiger charge is -2.38. The number of sulfonamides is 1. The van der Waals surface area contributed by atoms with Crippen molar-refractivity contribution in [3.63, 3.8) is 0 Å². The molecule has 0 atom stereocenters. The van der Waals surface area contributed by atoms with Crippen molar-refractivity contribution in [1.29, 1.82) is 0 Å². The molecular weight excluding hydrogens is 541 g/mol. The monoisotopic (exact) mass is 566 g/mol. The summed E-state index contributed by atoms with van der Waals surface area (Å²) in [5, 5.41) is 2.25. The highest BCUT2D eigenvalue weighted by Crippen LogP contribution is 2.38. The molecule has 0 saturated carbocycles. The van der Waals surface area contributed by atoms with Gasteiger partial charge in [0.1, 0.15) is 6.54 Å². The molecular formula is C27H26ClF3N2O4S. The third-order valence-corrected chi connectivity index (χ3v) is 8.74. The van der Waals surface area contributed by atoms with E-state index in [0.717, 1.165) is 17.7 Å². The third kappa shape index (κ3) is 6.14. The van der Waals surface area contributed by atoms with E-state index in [1.54, 1.807) is 6.07 Å². The largest absolute Gasteiger partial charge is 0.417 e. The maximum Gasteiger partial charge on any atom is 0.417 e. The van der Waals surface area contributed by atoms with Gasteiger partial charge in [-0.3, -0.25) is 9.10 Å². The van der Waals surface area contributed by atoms with Gasteiger partial charge in [0.15, 0.2) is 0 Å². The summed E-state index contributed by atoms with van der Waals surface area (Å²) in [5.74, 6) is -0.658. The van der Waals surface area contributed by atoms with Crippen LogP contribution in [0.5, 0.6) is 0 Å². The van der Waals surface area contributed by atoms with Crippen LogP contribution in [0.25, 0.3) is 0 Å². The SMILES string of the molecule is O=C(CN(c1ccc(Cl)c(C(F)(F)F)c1)S(=O)(=O)c1ccccc1)NCC1(c2ccccc2)CCOCC1. The van der Waals surface area contributed by atoms with E-state index in [9.17, 15) is 26.4 Å². The Labute approximate surface area is 224 Å². The number of ether oxygens (including phenoxy) is 1. The van der Waals surface area contributed by atoms with Gasteiger partial charge in [-0.25, -0.2) is 8.42 Å². The van der Waals surface area contributed by atoms with Crippen molar-refractivity contribution in [2.24, 2.45) is 0 Å². The molecule has 0 aromatic heterocycles.